The molecule has 2 aromatic rings. The third kappa shape index (κ3) is 3.69. The molecule has 0 aliphatic heterocycles. The van der Waals surface area contributed by atoms with Gasteiger partial charge in [0.1, 0.15) is 11.6 Å². The predicted octanol–water partition coefficient (Wildman–Crippen LogP) is 3.26. The number of Topliss-reactive ketones (excluding diaryl/α,β-unsaturated/α-hetero) is 1. The van der Waals surface area contributed by atoms with Gasteiger partial charge in [0, 0.05) is 5.56 Å². The van der Waals surface area contributed by atoms with Crippen LogP contribution in [0.2, 0.25) is 0 Å². The van der Waals surface area contributed by atoms with Crippen LogP contribution < -0.4 is 4.74 Å². The number of carbonyl (C=O) groups is 2. The van der Waals surface area contributed by atoms with E-state index in [0.29, 0.717) is 11.3 Å². The normalized spacial score (nSPS) is 11.6. The third-order valence-electron chi connectivity index (χ3n) is 3.09. The molecule has 0 heterocycles. The summed E-state index contributed by atoms with van der Waals surface area (Å²) < 4.78 is 23.2. The molecule has 22 heavy (non-hydrogen) atoms. The summed E-state index contributed by atoms with van der Waals surface area (Å²) in [6.07, 6.45) is -0.968. The monoisotopic (exact) mass is 302 g/mol. The van der Waals surface area contributed by atoms with Gasteiger partial charge < -0.3 is 9.47 Å². The second-order valence-corrected chi connectivity index (χ2v) is 4.65. The summed E-state index contributed by atoms with van der Waals surface area (Å²) in [6, 6.07) is 11.6. The molecule has 4 nitrogen and oxygen atoms in total. The van der Waals surface area contributed by atoms with E-state index in [1.54, 1.807) is 24.3 Å². The van der Waals surface area contributed by atoms with Gasteiger partial charge in [-0.15, -0.1) is 0 Å². The van der Waals surface area contributed by atoms with Gasteiger partial charge in [-0.2, -0.15) is 0 Å². The fourth-order valence-corrected chi connectivity index (χ4v) is 1.89. The van der Waals surface area contributed by atoms with Crippen molar-refractivity contribution in [3.63, 3.8) is 0 Å². The summed E-state index contributed by atoms with van der Waals surface area (Å²) in [5.74, 6) is -0.995. The number of carbonyl (C=O) groups excluding carboxylic acids is 2. The Morgan fingerprint density at radius 1 is 1.05 bits per heavy atom. The van der Waals surface area contributed by atoms with E-state index in [2.05, 4.69) is 0 Å². The summed E-state index contributed by atoms with van der Waals surface area (Å²) in [5, 5.41) is 0. The Balaban J connectivity index is 2.05. The lowest BCUT2D eigenvalue weighted by Crippen LogP contribution is -2.24. The van der Waals surface area contributed by atoms with Crippen LogP contribution >= 0.6 is 0 Å². The first kappa shape index (κ1) is 15.7. The van der Waals surface area contributed by atoms with Crippen molar-refractivity contribution in [1.82, 2.24) is 0 Å². The lowest BCUT2D eigenvalue weighted by molar-refractivity contribution is 0.0318. The van der Waals surface area contributed by atoms with Crippen LogP contribution in [0.25, 0.3) is 0 Å². The molecule has 5 heteroatoms. The molecule has 0 fully saturated rings. The quantitative estimate of drug-likeness (QED) is 0.628. The van der Waals surface area contributed by atoms with E-state index < -0.39 is 17.9 Å². The van der Waals surface area contributed by atoms with Crippen molar-refractivity contribution in [1.29, 1.82) is 0 Å². The Bertz CT molecular complexity index is 679. The minimum Gasteiger partial charge on any atom is -0.497 e. The molecule has 0 saturated carbocycles. The van der Waals surface area contributed by atoms with Gasteiger partial charge in [0.25, 0.3) is 0 Å². The van der Waals surface area contributed by atoms with Gasteiger partial charge in [0.2, 0.25) is 5.78 Å². The van der Waals surface area contributed by atoms with Crippen LogP contribution in [0, 0.1) is 5.82 Å². The molecule has 0 N–H and O–H groups in total. The standard InChI is InChI=1S/C17H15FO4/c1-11(16(19)12-6-8-15(21-2)9-7-12)22-17(20)13-4-3-5-14(18)10-13/h3-11H,1-2H3/t11-/m1/s1. The molecule has 114 valence electrons. The number of rotatable bonds is 5. The van der Waals surface area contributed by atoms with E-state index >= 15 is 0 Å². The summed E-state index contributed by atoms with van der Waals surface area (Å²) in [7, 11) is 1.53. The Morgan fingerprint density at radius 2 is 1.73 bits per heavy atom. The van der Waals surface area contributed by atoms with Gasteiger partial charge >= 0.3 is 5.97 Å². The lowest BCUT2D eigenvalue weighted by Gasteiger charge is -2.12. The number of benzene rings is 2. The van der Waals surface area contributed by atoms with Crippen molar-refractivity contribution in [3.05, 3.63) is 65.5 Å². The Morgan fingerprint density at radius 3 is 2.32 bits per heavy atom. The molecule has 0 aliphatic rings. The van der Waals surface area contributed by atoms with E-state index in [1.165, 1.54) is 32.2 Å². The highest BCUT2D eigenvalue weighted by Gasteiger charge is 2.20. The van der Waals surface area contributed by atoms with Crippen LogP contribution in [0.15, 0.2) is 48.5 Å². The van der Waals surface area contributed by atoms with Crippen molar-refractivity contribution < 1.29 is 23.5 Å². The van der Waals surface area contributed by atoms with Crippen LogP contribution in [0.1, 0.15) is 27.6 Å². The van der Waals surface area contributed by atoms with Crippen LogP contribution in [-0.2, 0) is 4.74 Å². The van der Waals surface area contributed by atoms with Gasteiger partial charge in [-0.05, 0) is 49.4 Å². The number of hydrogen-bond acceptors (Lipinski definition) is 4. The van der Waals surface area contributed by atoms with Crippen LogP contribution in [0.4, 0.5) is 4.39 Å². The molecule has 2 aromatic carbocycles. The molecular weight excluding hydrogens is 287 g/mol. The van der Waals surface area contributed by atoms with E-state index in [1.807, 2.05) is 0 Å². The van der Waals surface area contributed by atoms with E-state index in [-0.39, 0.29) is 11.3 Å². The Hall–Kier alpha value is -2.69. The van der Waals surface area contributed by atoms with Crippen molar-refractivity contribution in [2.75, 3.05) is 7.11 Å². The molecule has 2 rings (SSSR count). The average Bonchev–Trinajstić information content (AvgIpc) is 2.54. The minimum absolute atomic E-state index is 0.0642. The molecule has 0 unspecified atom stereocenters. The zero-order chi connectivity index (χ0) is 16.1. The summed E-state index contributed by atoms with van der Waals surface area (Å²) >= 11 is 0. The van der Waals surface area contributed by atoms with Crippen molar-refractivity contribution in [2.24, 2.45) is 0 Å². The van der Waals surface area contributed by atoms with Crippen LogP contribution in [-0.4, -0.2) is 25.0 Å². The predicted molar refractivity (Wildman–Crippen MR) is 78.6 cm³/mol. The SMILES string of the molecule is COc1ccc(C(=O)[C@@H](C)OC(=O)c2cccc(F)c2)cc1. The fraction of sp³-hybridized carbons (Fsp3) is 0.176. The third-order valence-corrected chi connectivity index (χ3v) is 3.09. The molecule has 0 amide bonds. The highest BCUT2D eigenvalue weighted by molar-refractivity contribution is 6.01. The zero-order valence-electron chi connectivity index (χ0n) is 12.2. The van der Waals surface area contributed by atoms with Crippen LogP contribution in [0.5, 0.6) is 5.75 Å². The van der Waals surface area contributed by atoms with Crippen molar-refractivity contribution >= 4 is 11.8 Å². The summed E-state index contributed by atoms with van der Waals surface area (Å²) in [5.41, 5.74) is 0.467. The number of esters is 1. The minimum atomic E-state index is -0.968. The van der Waals surface area contributed by atoms with E-state index in [9.17, 15) is 14.0 Å². The molecule has 0 spiro atoms. The maximum Gasteiger partial charge on any atom is 0.338 e. The molecule has 0 bridgehead atoms. The van der Waals surface area contributed by atoms with Crippen molar-refractivity contribution in [2.45, 2.75) is 13.0 Å². The fourth-order valence-electron chi connectivity index (χ4n) is 1.89. The second-order valence-electron chi connectivity index (χ2n) is 4.65. The Labute approximate surface area is 127 Å². The summed E-state index contributed by atoms with van der Waals surface area (Å²) in [6.45, 7) is 1.48. The van der Waals surface area contributed by atoms with E-state index in [0.717, 1.165) is 6.07 Å². The molecule has 0 saturated heterocycles. The number of ether oxygens (including phenoxy) is 2. The number of halogens is 1. The summed E-state index contributed by atoms with van der Waals surface area (Å²) in [4.78, 5) is 24.1. The average molecular weight is 302 g/mol. The van der Waals surface area contributed by atoms with Gasteiger partial charge in [-0.25, -0.2) is 9.18 Å². The first-order valence-electron chi connectivity index (χ1n) is 6.66. The van der Waals surface area contributed by atoms with Gasteiger partial charge in [-0.1, -0.05) is 6.07 Å². The smallest absolute Gasteiger partial charge is 0.338 e. The Kier molecular flexibility index (Phi) is 4.88. The lowest BCUT2D eigenvalue weighted by atomic mass is 10.1. The first-order chi connectivity index (χ1) is 10.5. The number of methoxy groups -OCH3 is 1. The highest BCUT2D eigenvalue weighted by atomic mass is 19.1. The topological polar surface area (TPSA) is 52.6 Å². The van der Waals surface area contributed by atoms with Gasteiger partial charge in [0.05, 0.1) is 12.7 Å². The van der Waals surface area contributed by atoms with Crippen LogP contribution in [0.3, 0.4) is 0 Å². The molecule has 0 radical (unpaired) electrons. The van der Waals surface area contributed by atoms with E-state index in [4.69, 9.17) is 9.47 Å². The number of hydrogen-bond donors (Lipinski definition) is 0. The molecular formula is C17H15FO4. The second kappa shape index (κ2) is 6.85. The van der Waals surface area contributed by atoms with Gasteiger partial charge in [-0.3, -0.25) is 4.79 Å². The first-order valence-corrected chi connectivity index (χ1v) is 6.66. The zero-order valence-corrected chi connectivity index (χ0v) is 12.2. The maximum atomic E-state index is 13.1. The molecule has 1 atom stereocenters. The maximum absolute atomic E-state index is 13.1. The molecule has 0 aliphatic carbocycles. The molecule has 0 aromatic heterocycles. The number of ketones is 1. The highest BCUT2D eigenvalue weighted by Crippen LogP contribution is 2.15. The van der Waals surface area contributed by atoms with Gasteiger partial charge in [0.15, 0.2) is 6.10 Å². The van der Waals surface area contributed by atoms with Crippen molar-refractivity contribution in [3.8, 4) is 5.75 Å². The largest absolute Gasteiger partial charge is 0.497 e.